The van der Waals surface area contributed by atoms with Gasteiger partial charge in [0, 0.05) is 22.7 Å². The molecule has 0 spiro atoms. The topological polar surface area (TPSA) is 43.1 Å². The highest BCUT2D eigenvalue weighted by Crippen LogP contribution is 2.23. The smallest absolute Gasteiger partial charge is 0.162 e. The van der Waals surface area contributed by atoms with Crippen molar-refractivity contribution in [3.8, 4) is 0 Å². The van der Waals surface area contributed by atoms with Gasteiger partial charge in [-0.1, -0.05) is 18.5 Å². The molecule has 0 atom stereocenters. The van der Waals surface area contributed by atoms with Gasteiger partial charge in [0.15, 0.2) is 5.78 Å². The molecule has 0 aromatic heterocycles. The summed E-state index contributed by atoms with van der Waals surface area (Å²) in [6.45, 7) is 3.65. The van der Waals surface area contributed by atoms with Crippen molar-refractivity contribution in [1.29, 1.82) is 0 Å². The number of ketones is 1. The Morgan fingerprint density at radius 3 is 2.69 bits per heavy atom. The van der Waals surface area contributed by atoms with E-state index in [-0.39, 0.29) is 5.78 Å². The summed E-state index contributed by atoms with van der Waals surface area (Å²) in [5.41, 5.74) is 7.70. The molecule has 70 valence electrons. The summed E-state index contributed by atoms with van der Waals surface area (Å²) in [6, 6.07) is 3.32. The Kier molecular flexibility index (Phi) is 2.94. The molecule has 1 aromatic rings. The molecule has 0 fully saturated rings. The van der Waals surface area contributed by atoms with Gasteiger partial charge < -0.3 is 5.73 Å². The summed E-state index contributed by atoms with van der Waals surface area (Å²) in [4.78, 5) is 11.4. The number of hydrogen-bond acceptors (Lipinski definition) is 2. The van der Waals surface area contributed by atoms with Gasteiger partial charge in [-0.15, -0.1) is 0 Å². The zero-order valence-corrected chi connectivity index (χ0v) is 8.48. The first-order chi connectivity index (χ1) is 6.06. The Hall–Kier alpha value is -1.02. The number of nitrogen functional groups attached to an aromatic ring is 1. The van der Waals surface area contributed by atoms with Gasteiger partial charge in [0.05, 0.1) is 0 Å². The van der Waals surface area contributed by atoms with Gasteiger partial charge in [-0.2, -0.15) is 0 Å². The molecule has 0 radical (unpaired) electrons. The van der Waals surface area contributed by atoms with E-state index < -0.39 is 0 Å². The molecule has 1 rings (SSSR count). The highest BCUT2D eigenvalue weighted by Gasteiger charge is 2.09. The maximum atomic E-state index is 11.4. The number of nitrogens with two attached hydrogens (primary N) is 1. The third kappa shape index (κ3) is 2.01. The van der Waals surface area contributed by atoms with E-state index in [1.54, 1.807) is 12.1 Å². The average molecular weight is 198 g/mol. The summed E-state index contributed by atoms with van der Waals surface area (Å²) in [5, 5.41) is 0.514. The fourth-order valence-electron chi connectivity index (χ4n) is 1.18. The average Bonchev–Trinajstić information content (AvgIpc) is 2.10. The van der Waals surface area contributed by atoms with Crippen LogP contribution in [0.1, 0.15) is 29.3 Å². The largest absolute Gasteiger partial charge is 0.398 e. The maximum absolute atomic E-state index is 11.4. The van der Waals surface area contributed by atoms with Crippen LogP contribution in [0.5, 0.6) is 0 Å². The number of benzene rings is 1. The summed E-state index contributed by atoms with van der Waals surface area (Å²) in [7, 11) is 0. The molecule has 0 heterocycles. The lowest BCUT2D eigenvalue weighted by molar-refractivity contribution is 0.0987. The molecule has 0 amide bonds. The van der Waals surface area contributed by atoms with Gasteiger partial charge >= 0.3 is 0 Å². The van der Waals surface area contributed by atoms with E-state index in [4.69, 9.17) is 17.3 Å². The molecule has 2 nitrogen and oxygen atoms in total. The predicted octanol–water partition coefficient (Wildman–Crippen LogP) is 2.82. The number of hydrogen-bond donors (Lipinski definition) is 1. The van der Waals surface area contributed by atoms with E-state index in [2.05, 4.69) is 0 Å². The van der Waals surface area contributed by atoms with Crippen LogP contribution in [0.3, 0.4) is 0 Å². The highest BCUT2D eigenvalue weighted by atomic mass is 35.5. The molecule has 0 aliphatic rings. The second kappa shape index (κ2) is 3.79. The van der Waals surface area contributed by atoms with Crippen molar-refractivity contribution in [2.75, 3.05) is 5.73 Å². The molecule has 1 aromatic carbocycles. The zero-order chi connectivity index (χ0) is 10.0. The molecule has 0 saturated heterocycles. The lowest BCUT2D eigenvalue weighted by atomic mass is 10.0. The Bertz CT molecular complexity index is 347. The van der Waals surface area contributed by atoms with Gasteiger partial charge in [-0.05, 0) is 24.6 Å². The van der Waals surface area contributed by atoms with Crippen molar-refractivity contribution in [3.63, 3.8) is 0 Å². The molecule has 3 heteroatoms. The van der Waals surface area contributed by atoms with E-state index >= 15 is 0 Å². The number of Topliss-reactive ketones (excluding diaryl/α,β-unsaturated/α-hetero) is 1. The molecule has 13 heavy (non-hydrogen) atoms. The van der Waals surface area contributed by atoms with E-state index in [9.17, 15) is 4.79 Å². The normalized spacial score (nSPS) is 10.1. The van der Waals surface area contributed by atoms with Crippen LogP contribution in [0.15, 0.2) is 12.1 Å². The van der Waals surface area contributed by atoms with Crippen LogP contribution >= 0.6 is 11.6 Å². The fourth-order valence-corrected chi connectivity index (χ4v) is 1.41. The van der Waals surface area contributed by atoms with Crippen LogP contribution < -0.4 is 5.73 Å². The van der Waals surface area contributed by atoms with Gasteiger partial charge in [0.2, 0.25) is 0 Å². The molecule has 0 bridgehead atoms. The lowest BCUT2D eigenvalue weighted by Gasteiger charge is -2.06. The molecular weight excluding hydrogens is 186 g/mol. The van der Waals surface area contributed by atoms with Crippen LogP contribution in [0.4, 0.5) is 5.69 Å². The van der Waals surface area contributed by atoms with Crippen molar-refractivity contribution in [3.05, 3.63) is 28.3 Å². The standard InChI is InChI=1S/C10H12ClNO/c1-3-10(13)8-4-7(11)5-9(12)6(8)2/h4-5H,3,12H2,1-2H3. The number of anilines is 1. The quantitative estimate of drug-likeness (QED) is 0.585. The Balaban J connectivity index is 3.28. The number of halogens is 1. The van der Waals surface area contributed by atoms with E-state index in [0.29, 0.717) is 22.7 Å². The Labute approximate surface area is 82.7 Å². The monoisotopic (exact) mass is 197 g/mol. The zero-order valence-electron chi connectivity index (χ0n) is 7.73. The van der Waals surface area contributed by atoms with E-state index in [1.165, 1.54) is 0 Å². The summed E-state index contributed by atoms with van der Waals surface area (Å²) >= 11 is 5.79. The number of carbonyl (C=O) groups excluding carboxylic acids is 1. The van der Waals surface area contributed by atoms with Crippen LogP contribution in [-0.4, -0.2) is 5.78 Å². The van der Waals surface area contributed by atoms with E-state index in [0.717, 1.165) is 5.56 Å². The van der Waals surface area contributed by atoms with Crippen LogP contribution in [0.2, 0.25) is 5.02 Å². The van der Waals surface area contributed by atoms with Gasteiger partial charge in [0.25, 0.3) is 0 Å². The Morgan fingerprint density at radius 1 is 1.54 bits per heavy atom. The molecule has 0 aliphatic carbocycles. The van der Waals surface area contributed by atoms with Crippen molar-refractivity contribution in [2.24, 2.45) is 0 Å². The van der Waals surface area contributed by atoms with Gasteiger partial charge in [0.1, 0.15) is 0 Å². The minimum absolute atomic E-state index is 0.0756. The molecular formula is C10H12ClNO. The SMILES string of the molecule is CCC(=O)c1cc(Cl)cc(N)c1C. The van der Waals surface area contributed by atoms with Gasteiger partial charge in [-0.25, -0.2) is 0 Å². The minimum atomic E-state index is 0.0756. The van der Waals surface area contributed by atoms with E-state index in [1.807, 2.05) is 13.8 Å². The third-order valence-corrected chi connectivity index (χ3v) is 2.25. The van der Waals surface area contributed by atoms with Crippen molar-refractivity contribution < 1.29 is 4.79 Å². The lowest BCUT2D eigenvalue weighted by Crippen LogP contribution is -2.02. The minimum Gasteiger partial charge on any atom is -0.398 e. The number of rotatable bonds is 2. The first-order valence-electron chi connectivity index (χ1n) is 4.15. The van der Waals surface area contributed by atoms with Crippen LogP contribution in [-0.2, 0) is 0 Å². The second-order valence-corrected chi connectivity index (χ2v) is 3.38. The molecule has 0 unspecified atom stereocenters. The third-order valence-electron chi connectivity index (χ3n) is 2.03. The second-order valence-electron chi connectivity index (χ2n) is 2.94. The highest BCUT2D eigenvalue weighted by molar-refractivity contribution is 6.31. The van der Waals surface area contributed by atoms with Crippen LogP contribution in [0, 0.1) is 6.92 Å². The molecule has 0 aliphatic heterocycles. The first-order valence-corrected chi connectivity index (χ1v) is 4.53. The maximum Gasteiger partial charge on any atom is 0.162 e. The van der Waals surface area contributed by atoms with Crippen LogP contribution in [0.25, 0.3) is 0 Å². The fraction of sp³-hybridized carbons (Fsp3) is 0.300. The molecule has 2 N–H and O–H groups in total. The van der Waals surface area contributed by atoms with Crippen molar-refractivity contribution in [2.45, 2.75) is 20.3 Å². The van der Waals surface area contributed by atoms with Crippen molar-refractivity contribution in [1.82, 2.24) is 0 Å². The van der Waals surface area contributed by atoms with Gasteiger partial charge in [-0.3, -0.25) is 4.79 Å². The number of carbonyl (C=O) groups is 1. The summed E-state index contributed by atoms with van der Waals surface area (Å²) < 4.78 is 0. The molecule has 0 saturated carbocycles. The predicted molar refractivity (Wildman–Crippen MR) is 55.2 cm³/mol. The first kappa shape index (κ1) is 10.1. The Morgan fingerprint density at radius 2 is 2.15 bits per heavy atom. The van der Waals surface area contributed by atoms with Crippen molar-refractivity contribution >= 4 is 23.1 Å². The summed E-state index contributed by atoms with van der Waals surface area (Å²) in [6.07, 6.45) is 0.473. The summed E-state index contributed by atoms with van der Waals surface area (Å²) in [5.74, 6) is 0.0756.